The highest BCUT2D eigenvalue weighted by atomic mass is 16.5. The number of nitrogens with zero attached hydrogens (tertiary/aromatic N) is 3. The average Bonchev–Trinajstić information content (AvgIpc) is 2.68. The molecule has 146 valence electrons. The summed E-state index contributed by atoms with van der Waals surface area (Å²) in [6.45, 7) is 7.84. The predicted molar refractivity (Wildman–Crippen MR) is 116 cm³/mol. The zero-order valence-electron chi connectivity index (χ0n) is 17.1. The van der Waals surface area contributed by atoms with Crippen LogP contribution in [0.1, 0.15) is 23.7 Å². The van der Waals surface area contributed by atoms with Crippen molar-refractivity contribution >= 4 is 17.5 Å². The van der Waals surface area contributed by atoms with Crippen LogP contribution in [0.25, 0.3) is 0 Å². The molecule has 2 aromatic carbocycles. The monoisotopic (exact) mass is 376 g/mol. The van der Waals surface area contributed by atoms with E-state index in [-0.39, 0.29) is 0 Å². The molecule has 0 aliphatic carbocycles. The maximum atomic E-state index is 5.29. The van der Waals surface area contributed by atoms with Crippen LogP contribution in [0.2, 0.25) is 0 Å². The van der Waals surface area contributed by atoms with Crippen LogP contribution < -0.4 is 15.0 Å². The fourth-order valence-corrected chi connectivity index (χ4v) is 3.19. The Kier molecular flexibility index (Phi) is 6.48. The lowest BCUT2D eigenvalue weighted by molar-refractivity contribution is 0.414. The number of anilines is 3. The summed E-state index contributed by atoms with van der Waals surface area (Å²) in [6.07, 6.45) is 0.874. The number of ether oxygens (including phenoxy) is 1. The van der Waals surface area contributed by atoms with E-state index in [1.54, 1.807) is 7.11 Å². The summed E-state index contributed by atoms with van der Waals surface area (Å²) in [6, 6.07) is 18.6. The van der Waals surface area contributed by atoms with E-state index in [9.17, 15) is 0 Å². The first-order chi connectivity index (χ1) is 13.6. The quantitative estimate of drug-likeness (QED) is 0.605. The molecular weight excluding hydrogens is 348 g/mol. The second kappa shape index (κ2) is 9.22. The van der Waals surface area contributed by atoms with Gasteiger partial charge in [-0.15, -0.1) is 0 Å². The molecule has 1 N–H and O–H groups in total. The summed E-state index contributed by atoms with van der Waals surface area (Å²) >= 11 is 0. The molecule has 0 amide bonds. The lowest BCUT2D eigenvalue weighted by Crippen LogP contribution is -2.19. The van der Waals surface area contributed by atoms with Crippen LogP contribution in [-0.2, 0) is 6.42 Å². The lowest BCUT2D eigenvalue weighted by Gasteiger charge is -2.23. The Morgan fingerprint density at radius 2 is 1.82 bits per heavy atom. The van der Waals surface area contributed by atoms with Crippen LogP contribution in [0.4, 0.5) is 17.5 Å². The van der Waals surface area contributed by atoms with Crippen molar-refractivity contribution in [3.63, 3.8) is 0 Å². The second-order valence-electron chi connectivity index (χ2n) is 6.80. The minimum atomic E-state index is 0.656. The van der Waals surface area contributed by atoms with E-state index < -0.39 is 0 Å². The molecule has 0 saturated heterocycles. The van der Waals surface area contributed by atoms with Crippen LogP contribution in [0.15, 0.2) is 54.6 Å². The molecule has 0 aliphatic rings. The number of rotatable bonds is 8. The van der Waals surface area contributed by atoms with Crippen molar-refractivity contribution in [3.8, 4) is 5.75 Å². The van der Waals surface area contributed by atoms with Crippen LogP contribution in [0.5, 0.6) is 5.75 Å². The smallest absolute Gasteiger partial charge is 0.224 e. The third-order valence-corrected chi connectivity index (χ3v) is 4.58. The molecule has 5 heteroatoms. The molecule has 0 unspecified atom stereocenters. The fourth-order valence-electron chi connectivity index (χ4n) is 3.19. The number of hydrogen-bond acceptors (Lipinski definition) is 5. The van der Waals surface area contributed by atoms with Gasteiger partial charge in [0.2, 0.25) is 5.95 Å². The van der Waals surface area contributed by atoms with Gasteiger partial charge in [0, 0.05) is 30.5 Å². The molecule has 3 aromatic rings. The summed E-state index contributed by atoms with van der Waals surface area (Å²) in [5.74, 6) is 2.44. The van der Waals surface area contributed by atoms with Crippen molar-refractivity contribution < 1.29 is 4.74 Å². The Morgan fingerprint density at radius 1 is 1.00 bits per heavy atom. The normalized spacial score (nSPS) is 10.6. The SMILES string of the molecule is CCN(c1cccc(C)c1)c1cc(C)nc(NCCc2cccc(OC)c2)n1. The van der Waals surface area contributed by atoms with Gasteiger partial charge >= 0.3 is 0 Å². The highest BCUT2D eigenvalue weighted by Gasteiger charge is 2.11. The van der Waals surface area contributed by atoms with Gasteiger partial charge in [0.1, 0.15) is 11.6 Å². The van der Waals surface area contributed by atoms with E-state index in [0.29, 0.717) is 5.95 Å². The van der Waals surface area contributed by atoms with E-state index in [4.69, 9.17) is 9.72 Å². The van der Waals surface area contributed by atoms with Gasteiger partial charge in [0.25, 0.3) is 0 Å². The molecule has 0 radical (unpaired) electrons. The van der Waals surface area contributed by atoms with E-state index in [1.807, 2.05) is 25.1 Å². The Labute approximate surface area is 167 Å². The predicted octanol–water partition coefficient (Wildman–Crippen LogP) is 4.91. The molecule has 0 fully saturated rings. The van der Waals surface area contributed by atoms with E-state index in [1.165, 1.54) is 11.1 Å². The van der Waals surface area contributed by atoms with Gasteiger partial charge in [-0.3, -0.25) is 0 Å². The summed E-state index contributed by atoms with van der Waals surface area (Å²) in [5.41, 5.74) is 4.54. The molecule has 3 rings (SSSR count). The molecular formula is C23H28N4O. The zero-order valence-corrected chi connectivity index (χ0v) is 17.1. The number of hydrogen-bond donors (Lipinski definition) is 1. The van der Waals surface area contributed by atoms with Gasteiger partial charge in [-0.2, -0.15) is 4.98 Å². The van der Waals surface area contributed by atoms with Gasteiger partial charge in [0.05, 0.1) is 7.11 Å². The van der Waals surface area contributed by atoms with E-state index in [2.05, 4.69) is 65.4 Å². The van der Waals surface area contributed by atoms with Gasteiger partial charge in [0.15, 0.2) is 0 Å². The van der Waals surface area contributed by atoms with Gasteiger partial charge < -0.3 is 15.0 Å². The second-order valence-corrected chi connectivity index (χ2v) is 6.80. The maximum absolute atomic E-state index is 5.29. The fraction of sp³-hybridized carbons (Fsp3) is 0.304. The number of benzene rings is 2. The van der Waals surface area contributed by atoms with Gasteiger partial charge in [-0.05, 0) is 62.6 Å². The zero-order chi connectivity index (χ0) is 19.9. The summed E-state index contributed by atoms with van der Waals surface area (Å²) in [4.78, 5) is 11.5. The Bertz CT molecular complexity index is 926. The van der Waals surface area contributed by atoms with Crippen molar-refractivity contribution in [1.82, 2.24) is 9.97 Å². The van der Waals surface area contributed by atoms with Gasteiger partial charge in [-0.1, -0.05) is 24.3 Å². The van der Waals surface area contributed by atoms with E-state index in [0.717, 1.165) is 42.5 Å². The molecule has 0 bridgehead atoms. The molecule has 5 nitrogen and oxygen atoms in total. The van der Waals surface area contributed by atoms with Crippen molar-refractivity contribution in [2.24, 2.45) is 0 Å². The largest absolute Gasteiger partial charge is 0.497 e. The molecule has 1 heterocycles. The van der Waals surface area contributed by atoms with Crippen LogP contribution in [0, 0.1) is 13.8 Å². The summed E-state index contributed by atoms with van der Waals surface area (Å²) in [5, 5.41) is 3.36. The van der Waals surface area contributed by atoms with Crippen molar-refractivity contribution in [1.29, 1.82) is 0 Å². The Hall–Kier alpha value is -3.08. The van der Waals surface area contributed by atoms with Crippen LogP contribution >= 0.6 is 0 Å². The number of aryl methyl sites for hydroxylation is 2. The van der Waals surface area contributed by atoms with Gasteiger partial charge in [-0.25, -0.2) is 4.98 Å². The maximum Gasteiger partial charge on any atom is 0.224 e. The number of methoxy groups -OCH3 is 1. The van der Waals surface area contributed by atoms with Crippen LogP contribution in [-0.4, -0.2) is 30.2 Å². The average molecular weight is 377 g/mol. The minimum absolute atomic E-state index is 0.656. The molecule has 0 spiro atoms. The standard InChI is InChI=1S/C23H28N4O/c1-5-27(20-10-6-8-17(2)14-20)22-15-18(3)25-23(26-22)24-13-12-19-9-7-11-21(16-19)28-4/h6-11,14-16H,5,12-13H2,1-4H3,(H,24,25,26). The molecule has 28 heavy (non-hydrogen) atoms. The topological polar surface area (TPSA) is 50.3 Å². The lowest BCUT2D eigenvalue weighted by atomic mass is 10.1. The third-order valence-electron chi connectivity index (χ3n) is 4.58. The first-order valence-corrected chi connectivity index (χ1v) is 9.65. The Morgan fingerprint density at radius 3 is 2.57 bits per heavy atom. The third kappa shape index (κ3) is 5.00. The Balaban J connectivity index is 1.73. The molecule has 0 aliphatic heterocycles. The van der Waals surface area contributed by atoms with E-state index >= 15 is 0 Å². The highest BCUT2D eigenvalue weighted by molar-refractivity contribution is 5.61. The first kappa shape index (κ1) is 19.7. The molecule has 0 saturated carbocycles. The van der Waals surface area contributed by atoms with Crippen LogP contribution in [0.3, 0.4) is 0 Å². The number of nitrogens with one attached hydrogen (secondary N) is 1. The first-order valence-electron chi connectivity index (χ1n) is 9.65. The van der Waals surface area contributed by atoms with Crippen molar-refractivity contribution in [3.05, 3.63) is 71.4 Å². The van der Waals surface area contributed by atoms with Crippen molar-refractivity contribution in [2.45, 2.75) is 27.2 Å². The number of aromatic nitrogens is 2. The summed E-state index contributed by atoms with van der Waals surface area (Å²) in [7, 11) is 1.69. The molecule has 1 aromatic heterocycles. The summed E-state index contributed by atoms with van der Waals surface area (Å²) < 4.78 is 5.29. The van der Waals surface area contributed by atoms with Crippen molar-refractivity contribution in [2.75, 3.05) is 30.4 Å². The molecule has 0 atom stereocenters. The highest BCUT2D eigenvalue weighted by Crippen LogP contribution is 2.25. The minimum Gasteiger partial charge on any atom is -0.497 e.